The molecule has 8 heteroatoms. The smallest absolute Gasteiger partial charge is 0.212 e. The van der Waals surface area contributed by atoms with Crippen LogP contribution in [0.25, 0.3) is 21.8 Å². The molecule has 1 aliphatic rings. The number of aromatic nitrogens is 1. The van der Waals surface area contributed by atoms with Crippen molar-refractivity contribution in [2.45, 2.75) is 44.6 Å². The Balaban J connectivity index is 0.000000271. The van der Waals surface area contributed by atoms with Crippen LogP contribution in [0.2, 0.25) is 0 Å². The minimum absolute atomic E-state index is 0.0752. The molecule has 0 saturated heterocycles. The second-order valence-corrected chi connectivity index (χ2v) is 11.6. The molecule has 0 atom stereocenters. The number of hydrogen-bond donors (Lipinski definition) is 0. The Labute approximate surface area is 251 Å². The molecule has 0 spiro atoms. The molecule has 0 fully saturated rings. The fourth-order valence-corrected chi connectivity index (χ4v) is 6.02. The van der Waals surface area contributed by atoms with E-state index in [2.05, 4.69) is 113 Å². The zero-order valence-electron chi connectivity index (χ0n) is 24.9. The fraction of sp³-hybridized carbons (Fsp3) is 0.235. The van der Waals surface area contributed by atoms with Gasteiger partial charge in [0.15, 0.2) is 0 Å². The summed E-state index contributed by atoms with van der Waals surface area (Å²) in [6.07, 6.45) is 2.01. The number of nitrogens with zero attached hydrogens (tertiary/aromatic N) is 4. The van der Waals surface area contributed by atoms with Gasteiger partial charge in [-0.3, -0.25) is 10.0 Å². The highest BCUT2D eigenvalue weighted by molar-refractivity contribution is 7.94. The zero-order valence-corrected chi connectivity index (χ0v) is 25.7. The van der Waals surface area contributed by atoms with Gasteiger partial charge in [-0.1, -0.05) is 54.1 Å². The summed E-state index contributed by atoms with van der Waals surface area (Å²) < 4.78 is 8.75. The summed E-state index contributed by atoms with van der Waals surface area (Å²) in [6, 6.07) is 31.4. The average molecular weight is 581 g/mol. The first-order valence-corrected chi connectivity index (χ1v) is 14.7. The third-order valence-corrected chi connectivity index (χ3v) is 8.51. The SMILES string of the molecule is CCn1c2ccccc2c2cc(N(C)N=CC3=[N+](C)c4ccccc4C3(C)C)ccc21.Cc1ccc(SOO[O-])cc1. The Morgan fingerprint density at radius 1 is 0.952 bits per heavy atom. The summed E-state index contributed by atoms with van der Waals surface area (Å²) in [5.41, 5.74) is 8.52. The monoisotopic (exact) mass is 580 g/mol. The maximum absolute atomic E-state index is 9.43. The van der Waals surface area contributed by atoms with Crippen LogP contribution in [0.1, 0.15) is 31.9 Å². The molecule has 0 aliphatic carbocycles. The second-order valence-electron chi connectivity index (χ2n) is 10.8. The maximum atomic E-state index is 9.43. The molecule has 1 aliphatic heterocycles. The molecule has 0 N–H and O–H groups in total. The summed E-state index contributed by atoms with van der Waals surface area (Å²) in [7, 11) is 4.15. The van der Waals surface area contributed by atoms with E-state index in [9.17, 15) is 5.26 Å². The standard InChI is InChI=1S/C27H29N4.C7H8O3S/c1-6-31-23-13-9-7-11-20(23)21-17-19(15-16-24(21)31)30(5)28-18-26-27(2,3)22-12-8-10-14-25(22)29(26)4;1-6-2-4-7(5-3-6)11-10-9-8/h7-18H,6H2,1-5H3;2-5,8H,1H3/q+1;/p-1. The fourth-order valence-electron chi connectivity index (χ4n) is 5.67. The van der Waals surface area contributed by atoms with Gasteiger partial charge in [-0.15, -0.1) is 0 Å². The Morgan fingerprint density at radius 3 is 2.36 bits per heavy atom. The lowest BCUT2D eigenvalue weighted by Crippen LogP contribution is -2.30. The minimum Gasteiger partial charge on any atom is -0.691 e. The van der Waals surface area contributed by atoms with E-state index in [1.807, 2.05) is 49.5 Å². The van der Waals surface area contributed by atoms with Gasteiger partial charge < -0.3 is 9.82 Å². The van der Waals surface area contributed by atoms with E-state index in [0.717, 1.165) is 34.7 Å². The van der Waals surface area contributed by atoms with Crippen LogP contribution in [0.4, 0.5) is 11.4 Å². The van der Waals surface area contributed by atoms with Crippen molar-refractivity contribution >= 4 is 57.1 Å². The van der Waals surface area contributed by atoms with Crippen LogP contribution in [0.15, 0.2) is 101 Å². The van der Waals surface area contributed by atoms with Crippen molar-refractivity contribution in [2.24, 2.45) is 5.10 Å². The van der Waals surface area contributed by atoms with Gasteiger partial charge in [0.25, 0.3) is 0 Å². The van der Waals surface area contributed by atoms with Crippen molar-refractivity contribution < 1.29 is 19.2 Å². The van der Waals surface area contributed by atoms with Gasteiger partial charge in [0.1, 0.15) is 13.3 Å². The highest BCUT2D eigenvalue weighted by Gasteiger charge is 2.43. The molecule has 0 radical (unpaired) electrons. The van der Waals surface area contributed by atoms with E-state index in [4.69, 9.17) is 5.10 Å². The van der Waals surface area contributed by atoms with Crippen molar-refractivity contribution in [3.8, 4) is 0 Å². The molecule has 6 rings (SSSR count). The summed E-state index contributed by atoms with van der Waals surface area (Å²) in [4.78, 5) is 0.839. The lowest BCUT2D eigenvalue weighted by atomic mass is 9.82. The van der Waals surface area contributed by atoms with Crippen LogP contribution < -0.4 is 10.3 Å². The van der Waals surface area contributed by atoms with Crippen LogP contribution in [0.5, 0.6) is 0 Å². The van der Waals surface area contributed by atoms with Gasteiger partial charge in [0.2, 0.25) is 11.4 Å². The third kappa shape index (κ3) is 5.71. The number of hydrazone groups is 1. The summed E-state index contributed by atoms with van der Waals surface area (Å²) in [5, 5.41) is 22.0. The molecule has 2 heterocycles. The molecule has 0 bridgehead atoms. The lowest BCUT2D eigenvalue weighted by molar-refractivity contribution is -0.777. The number of aryl methyl sites for hydroxylation is 2. The molecule has 0 amide bonds. The van der Waals surface area contributed by atoms with Crippen molar-refractivity contribution in [1.29, 1.82) is 0 Å². The predicted molar refractivity (Wildman–Crippen MR) is 172 cm³/mol. The van der Waals surface area contributed by atoms with E-state index in [1.165, 1.54) is 38.8 Å². The molecule has 0 saturated carbocycles. The zero-order chi connectivity index (χ0) is 29.9. The van der Waals surface area contributed by atoms with Crippen molar-refractivity contribution in [2.75, 3.05) is 19.1 Å². The summed E-state index contributed by atoms with van der Waals surface area (Å²) in [5.74, 6) is 0. The summed E-state index contributed by atoms with van der Waals surface area (Å²) in [6.45, 7) is 9.67. The van der Waals surface area contributed by atoms with Crippen LogP contribution in [-0.4, -0.2) is 35.2 Å². The Hall–Kier alpha value is -3.95. The van der Waals surface area contributed by atoms with Crippen LogP contribution >= 0.6 is 12.0 Å². The number of para-hydroxylation sites is 2. The highest BCUT2D eigenvalue weighted by atomic mass is 32.2. The molecular formula is C34H36N4O3S. The molecule has 5 aromatic rings. The first kappa shape index (κ1) is 29.5. The first-order chi connectivity index (χ1) is 20.3. The molecule has 42 heavy (non-hydrogen) atoms. The minimum atomic E-state index is -0.0752. The molecule has 1 aromatic heterocycles. The largest absolute Gasteiger partial charge is 0.691 e. The predicted octanol–water partition coefficient (Wildman–Crippen LogP) is 7.17. The number of benzene rings is 4. The van der Waals surface area contributed by atoms with E-state index < -0.39 is 0 Å². The Bertz CT molecular complexity index is 1770. The van der Waals surface area contributed by atoms with Gasteiger partial charge in [0, 0.05) is 51.9 Å². The van der Waals surface area contributed by atoms with Gasteiger partial charge in [-0.2, -0.15) is 14.0 Å². The van der Waals surface area contributed by atoms with Crippen molar-refractivity contribution in [3.63, 3.8) is 0 Å². The van der Waals surface area contributed by atoms with Crippen LogP contribution in [0, 0.1) is 6.92 Å². The quantitative estimate of drug-likeness (QED) is 0.0672. The first-order valence-electron chi connectivity index (χ1n) is 14.0. The Morgan fingerprint density at radius 2 is 1.64 bits per heavy atom. The normalized spacial score (nSPS) is 14.0. The topological polar surface area (TPSA) is 65.1 Å². The Kier molecular flexibility index (Phi) is 8.80. The number of anilines is 1. The van der Waals surface area contributed by atoms with Gasteiger partial charge in [0.05, 0.1) is 23.1 Å². The molecule has 4 aromatic carbocycles. The van der Waals surface area contributed by atoms with E-state index in [-0.39, 0.29) is 5.41 Å². The third-order valence-electron chi connectivity index (χ3n) is 7.92. The van der Waals surface area contributed by atoms with Gasteiger partial charge >= 0.3 is 0 Å². The van der Waals surface area contributed by atoms with Gasteiger partial charge in [-0.25, -0.2) is 0 Å². The molecule has 0 unspecified atom stereocenters. The molecule has 7 nitrogen and oxygen atoms in total. The number of rotatable bonds is 7. The maximum Gasteiger partial charge on any atom is 0.212 e. The number of fused-ring (bicyclic) bond motifs is 4. The van der Waals surface area contributed by atoms with Crippen LogP contribution in [0.3, 0.4) is 0 Å². The van der Waals surface area contributed by atoms with Crippen molar-refractivity contribution in [1.82, 2.24) is 4.57 Å². The van der Waals surface area contributed by atoms with Gasteiger partial charge in [-0.05, 0) is 64.1 Å². The number of hydrogen-bond acceptors (Lipinski definition) is 6. The van der Waals surface area contributed by atoms with E-state index in [1.54, 1.807) is 0 Å². The molecule has 216 valence electrons. The second kappa shape index (κ2) is 12.5. The molecular weight excluding hydrogens is 544 g/mol. The lowest BCUT2D eigenvalue weighted by Gasteiger charge is -2.17. The highest BCUT2D eigenvalue weighted by Crippen LogP contribution is 2.38. The average Bonchev–Trinajstić information content (AvgIpc) is 3.43. The summed E-state index contributed by atoms with van der Waals surface area (Å²) >= 11 is 0.894. The van der Waals surface area contributed by atoms with Crippen molar-refractivity contribution in [3.05, 3.63) is 102 Å². The van der Waals surface area contributed by atoms with Crippen LogP contribution in [-0.2, 0) is 21.3 Å². The van der Waals surface area contributed by atoms with E-state index in [0.29, 0.717) is 0 Å². The van der Waals surface area contributed by atoms with E-state index >= 15 is 0 Å².